The topological polar surface area (TPSA) is 66.8 Å². The Kier molecular flexibility index (Phi) is 4.51. The first-order valence-electron chi connectivity index (χ1n) is 5.91. The molecule has 1 saturated heterocycles. The van der Waals surface area contributed by atoms with Crippen LogP contribution in [0.15, 0.2) is 0 Å². The minimum atomic E-state index is -0.941. The molecule has 0 radical (unpaired) electrons. The van der Waals surface area contributed by atoms with E-state index in [4.69, 9.17) is 9.84 Å². The minimum absolute atomic E-state index is 0.105. The summed E-state index contributed by atoms with van der Waals surface area (Å²) in [5.74, 6) is -1.05. The van der Waals surface area contributed by atoms with Gasteiger partial charge in [0.2, 0.25) is 5.91 Å². The highest BCUT2D eigenvalue weighted by atomic mass is 16.5. The average molecular weight is 243 g/mol. The normalized spacial score (nSPS) is 17.8. The highest BCUT2D eigenvalue weighted by Gasteiger charge is 2.35. The van der Waals surface area contributed by atoms with Gasteiger partial charge < -0.3 is 14.7 Å². The van der Waals surface area contributed by atoms with Crippen LogP contribution in [0.2, 0.25) is 0 Å². The van der Waals surface area contributed by atoms with Crippen LogP contribution in [0.5, 0.6) is 0 Å². The molecule has 1 aliphatic heterocycles. The third-order valence-electron chi connectivity index (χ3n) is 3.23. The summed E-state index contributed by atoms with van der Waals surface area (Å²) < 4.78 is 5.25. The molecule has 5 heteroatoms. The van der Waals surface area contributed by atoms with Gasteiger partial charge in [0.15, 0.2) is 0 Å². The molecule has 0 aromatic carbocycles. The first kappa shape index (κ1) is 14.0. The SMILES string of the molecule is CN(C(=O)C(C)(C)CC(=O)O)C1CCOCC1. The minimum Gasteiger partial charge on any atom is -0.481 e. The smallest absolute Gasteiger partial charge is 0.304 e. The Hall–Kier alpha value is -1.10. The standard InChI is InChI=1S/C12H21NO4/c1-12(2,8-10(14)15)11(16)13(3)9-4-6-17-7-5-9/h9H,4-8H2,1-3H3,(H,14,15). The van der Waals surface area contributed by atoms with E-state index in [1.807, 2.05) is 0 Å². The van der Waals surface area contributed by atoms with E-state index < -0.39 is 11.4 Å². The second-order valence-corrected chi connectivity index (χ2v) is 5.21. The van der Waals surface area contributed by atoms with Gasteiger partial charge in [-0.2, -0.15) is 0 Å². The van der Waals surface area contributed by atoms with Crippen LogP contribution in [-0.4, -0.2) is 48.2 Å². The van der Waals surface area contributed by atoms with Gasteiger partial charge in [-0.05, 0) is 12.8 Å². The van der Waals surface area contributed by atoms with E-state index >= 15 is 0 Å². The Morgan fingerprint density at radius 1 is 1.35 bits per heavy atom. The van der Waals surface area contributed by atoms with Crippen molar-refractivity contribution in [1.82, 2.24) is 4.90 Å². The van der Waals surface area contributed by atoms with Crippen molar-refractivity contribution in [2.24, 2.45) is 5.41 Å². The van der Waals surface area contributed by atoms with Crippen LogP contribution in [0, 0.1) is 5.41 Å². The van der Waals surface area contributed by atoms with E-state index in [9.17, 15) is 9.59 Å². The molecule has 1 amide bonds. The van der Waals surface area contributed by atoms with Gasteiger partial charge in [-0.1, -0.05) is 13.8 Å². The summed E-state index contributed by atoms with van der Waals surface area (Å²) in [5.41, 5.74) is -0.848. The summed E-state index contributed by atoms with van der Waals surface area (Å²) >= 11 is 0. The van der Waals surface area contributed by atoms with E-state index in [1.165, 1.54) is 0 Å². The molecular weight excluding hydrogens is 222 g/mol. The first-order valence-corrected chi connectivity index (χ1v) is 5.91. The Labute approximate surface area is 102 Å². The molecule has 1 rings (SSSR count). The van der Waals surface area contributed by atoms with Crippen molar-refractivity contribution in [2.45, 2.75) is 39.2 Å². The highest BCUT2D eigenvalue weighted by molar-refractivity contribution is 5.86. The summed E-state index contributed by atoms with van der Waals surface area (Å²) in [6, 6.07) is 0.171. The van der Waals surface area contributed by atoms with E-state index in [0.29, 0.717) is 13.2 Å². The molecule has 5 nitrogen and oxygen atoms in total. The third kappa shape index (κ3) is 3.70. The number of aliphatic carboxylic acids is 1. The van der Waals surface area contributed by atoms with Crippen LogP contribution in [0.1, 0.15) is 33.1 Å². The summed E-state index contributed by atoms with van der Waals surface area (Å²) in [7, 11) is 1.75. The van der Waals surface area contributed by atoms with E-state index in [1.54, 1.807) is 25.8 Å². The highest BCUT2D eigenvalue weighted by Crippen LogP contribution is 2.26. The number of hydrogen-bond acceptors (Lipinski definition) is 3. The zero-order valence-electron chi connectivity index (χ0n) is 10.7. The maximum atomic E-state index is 12.2. The van der Waals surface area contributed by atoms with Gasteiger partial charge in [0.05, 0.1) is 11.8 Å². The monoisotopic (exact) mass is 243 g/mol. The van der Waals surface area contributed by atoms with Gasteiger partial charge >= 0.3 is 5.97 Å². The molecule has 1 heterocycles. The van der Waals surface area contributed by atoms with Crippen molar-refractivity contribution in [1.29, 1.82) is 0 Å². The number of carboxylic acids is 1. The van der Waals surface area contributed by atoms with Crippen LogP contribution >= 0.6 is 0 Å². The Morgan fingerprint density at radius 2 is 1.88 bits per heavy atom. The number of ether oxygens (including phenoxy) is 1. The lowest BCUT2D eigenvalue weighted by molar-refractivity contribution is -0.150. The van der Waals surface area contributed by atoms with Crippen LogP contribution in [0.3, 0.4) is 0 Å². The number of amides is 1. The maximum absolute atomic E-state index is 12.2. The third-order valence-corrected chi connectivity index (χ3v) is 3.23. The Balaban J connectivity index is 2.63. The van der Waals surface area contributed by atoms with Gasteiger partial charge in [0.1, 0.15) is 0 Å². The number of nitrogens with zero attached hydrogens (tertiary/aromatic N) is 1. The van der Waals surface area contributed by atoms with Crippen LogP contribution in [0.25, 0.3) is 0 Å². The van der Waals surface area contributed by atoms with Gasteiger partial charge in [-0.15, -0.1) is 0 Å². The van der Waals surface area contributed by atoms with Crippen molar-refractivity contribution in [3.8, 4) is 0 Å². The van der Waals surface area contributed by atoms with Crippen molar-refractivity contribution >= 4 is 11.9 Å². The van der Waals surface area contributed by atoms with Crippen molar-refractivity contribution in [2.75, 3.05) is 20.3 Å². The summed E-state index contributed by atoms with van der Waals surface area (Å²) in [5, 5.41) is 8.80. The fourth-order valence-electron chi connectivity index (χ4n) is 2.17. The zero-order valence-corrected chi connectivity index (χ0v) is 10.7. The fraction of sp³-hybridized carbons (Fsp3) is 0.833. The molecule has 0 saturated carbocycles. The molecule has 0 atom stereocenters. The van der Waals surface area contributed by atoms with Gasteiger partial charge in [0, 0.05) is 26.3 Å². The second kappa shape index (κ2) is 5.49. The van der Waals surface area contributed by atoms with Gasteiger partial charge in [-0.3, -0.25) is 9.59 Å². The van der Waals surface area contributed by atoms with Crippen molar-refractivity contribution < 1.29 is 19.4 Å². The first-order chi connectivity index (χ1) is 7.84. The molecule has 0 bridgehead atoms. The van der Waals surface area contributed by atoms with Crippen molar-refractivity contribution in [3.05, 3.63) is 0 Å². The lowest BCUT2D eigenvalue weighted by Gasteiger charge is -2.36. The summed E-state index contributed by atoms with van der Waals surface area (Å²) in [6.07, 6.45) is 1.51. The molecule has 0 unspecified atom stereocenters. The number of carbonyl (C=O) groups is 2. The summed E-state index contributed by atoms with van der Waals surface area (Å²) in [6.45, 7) is 4.70. The molecular formula is C12H21NO4. The van der Waals surface area contributed by atoms with Crippen LogP contribution in [-0.2, 0) is 14.3 Å². The largest absolute Gasteiger partial charge is 0.481 e. The van der Waals surface area contributed by atoms with E-state index in [2.05, 4.69) is 0 Å². The molecule has 1 N–H and O–H groups in total. The average Bonchev–Trinajstić information content (AvgIpc) is 2.26. The molecule has 0 aromatic heterocycles. The zero-order chi connectivity index (χ0) is 13.1. The lowest BCUT2D eigenvalue weighted by Crippen LogP contribution is -2.47. The predicted molar refractivity (Wildman–Crippen MR) is 62.6 cm³/mol. The number of hydrogen-bond donors (Lipinski definition) is 1. The van der Waals surface area contributed by atoms with Crippen molar-refractivity contribution in [3.63, 3.8) is 0 Å². The molecule has 0 aliphatic carbocycles. The number of carboxylic acid groups (broad SMARTS) is 1. The summed E-state index contributed by atoms with van der Waals surface area (Å²) in [4.78, 5) is 24.6. The fourth-order valence-corrected chi connectivity index (χ4v) is 2.17. The van der Waals surface area contributed by atoms with E-state index in [-0.39, 0.29) is 18.4 Å². The lowest BCUT2D eigenvalue weighted by atomic mass is 9.87. The van der Waals surface area contributed by atoms with Gasteiger partial charge in [-0.25, -0.2) is 0 Å². The molecule has 1 aliphatic rings. The van der Waals surface area contributed by atoms with Crippen LogP contribution < -0.4 is 0 Å². The number of carbonyl (C=O) groups excluding carboxylic acids is 1. The molecule has 17 heavy (non-hydrogen) atoms. The van der Waals surface area contributed by atoms with E-state index in [0.717, 1.165) is 12.8 Å². The van der Waals surface area contributed by atoms with Gasteiger partial charge in [0.25, 0.3) is 0 Å². The molecule has 98 valence electrons. The van der Waals surface area contributed by atoms with Crippen LogP contribution in [0.4, 0.5) is 0 Å². The number of rotatable bonds is 4. The second-order valence-electron chi connectivity index (χ2n) is 5.21. The molecule has 0 spiro atoms. The molecule has 0 aromatic rings. The quantitative estimate of drug-likeness (QED) is 0.803. The maximum Gasteiger partial charge on any atom is 0.304 e. The predicted octanol–water partition coefficient (Wildman–Crippen LogP) is 1.12. The Bertz CT molecular complexity index is 295. The Morgan fingerprint density at radius 3 is 2.35 bits per heavy atom. The molecule has 1 fully saturated rings.